The van der Waals surface area contributed by atoms with E-state index in [1.807, 2.05) is 0 Å². The zero-order chi connectivity index (χ0) is 11.5. The van der Waals surface area contributed by atoms with E-state index < -0.39 is 0 Å². The van der Waals surface area contributed by atoms with E-state index in [0.717, 1.165) is 18.9 Å². The fourth-order valence-electron chi connectivity index (χ4n) is 2.74. The van der Waals surface area contributed by atoms with Gasteiger partial charge in [0.05, 0.1) is 5.92 Å². The molecule has 2 saturated carbocycles. The summed E-state index contributed by atoms with van der Waals surface area (Å²) in [7, 11) is 0. The molecule has 0 radical (unpaired) electrons. The molecule has 16 heavy (non-hydrogen) atoms. The van der Waals surface area contributed by atoms with Crippen LogP contribution in [0.3, 0.4) is 0 Å². The molecule has 92 valence electrons. The van der Waals surface area contributed by atoms with Crippen LogP contribution < -0.4 is 11.1 Å². The first kappa shape index (κ1) is 11.9. The fourth-order valence-corrected chi connectivity index (χ4v) is 2.74. The molecule has 2 unspecified atom stereocenters. The van der Waals surface area contributed by atoms with Crippen LogP contribution in [-0.2, 0) is 4.79 Å². The minimum absolute atomic E-state index is 0.118. The summed E-state index contributed by atoms with van der Waals surface area (Å²) in [5.41, 5.74) is 5.65. The van der Waals surface area contributed by atoms with Gasteiger partial charge >= 0.3 is 0 Å². The Balaban J connectivity index is 1.62. The van der Waals surface area contributed by atoms with E-state index in [9.17, 15) is 4.79 Å². The summed E-state index contributed by atoms with van der Waals surface area (Å²) in [6.45, 7) is 3.15. The van der Waals surface area contributed by atoms with E-state index in [0.29, 0.717) is 5.92 Å². The molecule has 0 aromatic heterocycles. The average Bonchev–Trinajstić information content (AvgIpc) is 3.04. The van der Waals surface area contributed by atoms with Crippen molar-refractivity contribution >= 4 is 5.91 Å². The molecule has 0 heterocycles. The number of amides is 1. The summed E-state index contributed by atoms with van der Waals surface area (Å²) in [5.74, 6) is 1.95. The Hall–Kier alpha value is -0.570. The van der Waals surface area contributed by atoms with E-state index in [1.165, 1.54) is 32.1 Å². The quantitative estimate of drug-likeness (QED) is 0.763. The van der Waals surface area contributed by atoms with Crippen molar-refractivity contribution in [3.05, 3.63) is 0 Å². The predicted molar refractivity (Wildman–Crippen MR) is 64.8 cm³/mol. The van der Waals surface area contributed by atoms with Gasteiger partial charge < -0.3 is 11.1 Å². The molecule has 0 aromatic rings. The lowest BCUT2D eigenvalue weighted by molar-refractivity contribution is -0.122. The van der Waals surface area contributed by atoms with Crippen molar-refractivity contribution < 1.29 is 4.79 Å². The van der Waals surface area contributed by atoms with Gasteiger partial charge in [-0.3, -0.25) is 4.79 Å². The summed E-state index contributed by atoms with van der Waals surface area (Å²) in [6.07, 6.45) is 7.47. The molecular formula is C13H24N2O. The average molecular weight is 224 g/mol. The first-order chi connectivity index (χ1) is 7.70. The summed E-state index contributed by atoms with van der Waals surface area (Å²) in [4.78, 5) is 11.6. The number of rotatable bonds is 4. The van der Waals surface area contributed by atoms with Crippen LogP contribution in [0.25, 0.3) is 0 Å². The van der Waals surface area contributed by atoms with Crippen molar-refractivity contribution in [2.75, 3.05) is 6.54 Å². The second-order valence-electron chi connectivity index (χ2n) is 5.55. The van der Waals surface area contributed by atoms with Crippen molar-refractivity contribution in [3.8, 4) is 0 Å². The Morgan fingerprint density at radius 2 is 1.81 bits per heavy atom. The van der Waals surface area contributed by atoms with Crippen LogP contribution in [0.1, 0.15) is 45.4 Å². The summed E-state index contributed by atoms with van der Waals surface area (Å²) < 4.78 is 0. The smallest absolute Gasteiger partial charge is 0.224 e. The van der Waals surface area contributed by atoms with Crippen molar-refractivity contribution in [1.82, 2.24) is 5.32 Å². The Kier molecular flexibility index (Phi) is 3.85. The lowest BCUT2D eigenvalue weighted by atomic mass is 9.81. The first-order valence-corrected chi connectivity index (χ1v) is 6.74. The van der Waals surface area contributed by atoms with Crippen LogP contribution >= 0.6 is 0 Å². The third kappa shape index (κ3) is 2.97. The third-order valence-corrected chi connectivity index (χ3v) is 4.29. The second-order valence-corrected chi connectivity index (χ2v) is 5.55. The van der Waals surface area contributed by atoms with E-state index in [1.54, 1.807) is 0 Å². The topological polar surface area (TPSA) is 55.1 Å². The highest BCUT2D eigenvalue weighted by Gasteiger charge is 2.39. The number of hydrogen-bond acceptors (Lipinski definition) is 2. The largest absolute Gasteiger partial charge is 0.356 e. The number of hydrogen-bond donors (Lipinski definition) is 2. The van der Waals surface area contributed by atoms with Gasteiger partial charge in [-0.2, -0.15) is 0 Å². The maximum absolute atomic E-state index is 11.6. The molecule has 3 heteroatoms. The summed E-state index contributed by atoms with van der Waals surface area (Å²) >= 11 is 0. The zero-order valence-electron chi connectivity index (χ0n) is 10.2. The highest BCUT2D eigenvalue weighted by atomic mass is 16.2. The Bertz CT molecular complexity index is 246. The Morgan fingerprint density at radius 3 is 2.31 bits per heavy atom. The standard InChI is InChI=1S/C13H24N2O/c1-2-9-3-5-10(6-4-9)8-15-13(16)11-7-12(11)14/h9-12H,2-8,14H2,1H3,(H,15,16). The molecule has 2 fully saturated rings. The van der Waals surface area contributed by atoms with Gasteiger partial charge in [0.2, 0.25) is 5.91 Å². The molecular weight excluding hydrogens is 200 g/mol. The molecule has 1 amide bonds. The zero-order valence-corrected chi connectivity index (χ0v) is 10.2. The molecule has 3 nitrogen and oxygen atoms in total. The lowest BCUT2D eigenvalue weighted by Gasteiger charge is -2.27. The molecule has 0 spiro atoms. The number of nitrogens with two attached hydrogens (primary N) is 1. The molecule has 0 bridgehead atoms. The van der Waals surface area contributed by atoms with Gasteiger partial charge in [0.1, 0.15) is 0 Å². The van der Waals surface area contributed by atoms with Crippen LogP contribution in [0, 0.1) is 17.8 Å². The fraction of sp³-hybridized carbons (Fsp3) is 0.923. The van der Waals surface area contributed by atoms with Crippen molar-refractivity contribution in [3.63, 3.8) is 0 Å². The minimum Gasteiger partial charge on any atom is -0.356 e. The van der Waals surface area contributed by atoms with E-state index >= 15 is 0 Å². The summed E-state index contributed by atoms with van der Waals surface area (Å²) in [5, 5.41) is 3.06. The van der Waals surface area contributed by atoms with Crippen LogP contribution in [0.5, 0.6) is 0 Å². The van der Waals surface area contributed by atoms with Gasteiger partial charge in [-0.25, -0.2) is 0 Å². The van der Waals surface area contributed by atoms with Crippen LogP contribution in [0.15, 0.2) is 0 Å². The van der Waals surface area contributed by atoms with Gasteiger partial charge in [-0.05, 0) is 31.1 Å². The van der Waals surface area contributed by atoms with Gasteiger partial charge in [-0.1, -0.05) is 26.2 Å². The van der Waals surface area contributed by atoms with Gasteiger partial charge in [0, 0.05) is 12.6 Å². The molecule has 0 aliphatic heterocycles. The lowest BCUT2D eigenvalue weighted by Crippen LogP contribution is -2.33. The maximum atomic E-state index is 11.6. The van der Waals surface area contributed by atoms with E-state index in [-0.39, 0.29) is 17.9 Å². The van der Waals surface area contributed by atoms with Crippen molar-refractivity contribution in [1.29, 1.82) is 0 Å². The SMILES string of the molecule is CCC1CCC(CNC(=O)C2CC2N)CC1. The molecule has 2 aliphatic carbocycles. The number of carbonyl (C=O) groups excluding carboxylic acids is 1. The molecule has 2 atom stereocenters. The van der Waals surface area contributed by atoms with Gasteiger partial charge in [-0.15, -0.1) is 0 Å². The predicted octanol–water partition coefficient (Wildman–Crippen LogP) is 1.67. The molecule has 3 N–H and O–H groups in total. The number of nitrogens with one attached hydrogen (secondary N) is 1. The molecule has 2 aliphatic rings. The monoisotopic (exact) mass is 224 g/mol. The van der Waals surface area contributed by atoms with Crippen LogP contribution in [0.2, 0.25) is 0 Å². The molecule has 0 aromatic carbocycles. The minimum atomic E-state index is 0.118. The Morgan fingerprint density at radius 1 is 1.25 bits per heavy atom. The molecule has 2 rings (SSSR count). The molecule has 0 saturated heterocycles. The first-order valence-electron chi connectivity index (χ1n) is 6.74. The maximum Gasteiger partial charge on any atom is 0.224 e. The highest BCUT2D eigenvalue weighted by Crippen LogP contribution is 2.31. The van der Waals surface area contributed by atoms with Gasteiger partial charge in [0.25, 0.3) is 0 Å². The van der Waals surface area contributed by atoms with Crippen molar-refractivity contribution in [2.45, 2.75) is 51.5 Å². The normalized spacial score (nSPS) is 38.1. The van der Waals surface area contributed by atoms with Gasteiger partial charge in [0.15, 0.2) is 0 Å². The van der Waals surface area contributed by atoms with E-state index in [4.69, 9.17) is 5.73 Å². The van der Waals surface area contributed by atoms with Crippen LogP contribution in [0.4, 0.5) is 0 Å². The Labute approximate surface area is 98.2 Å². The third-order valence-electron chi connectivity index (χ3n) is 4.29. The number of carbonyl (C=O) groups is 1. The second kappa shape index (κ2) is 5.17. The van der Waals surface area contributed by atoms with Crippen LogP contribution in [-0.4, -0.2) is 18.5 Å². The van der Waals surface area contributed by atoms with E-state index in [2.05, 4.69) is 12.2 Å². The highest BCUT2D eigenvalue weighted by molar-refractivity contribution is 5.82. The summed E-state index contributed by atoms with van der Waals surface area (Å²) in [6, 6.07) is 0.135. The van der Waals surface area contributed by atoms with Crippen molar-refractivity contribution in [2.24, 2.45) is 23.5 Å².